The minimum absolute atomic E-state index is 0.249. The average Bonchev–Trinajstić information content (AvgIpc) is 2.51. The molecule has 1 heterocycles. The van der Waals surface area contributed by atoms with Gasteiger partial charge in [0, 0.05) is 39.8 Å². The predicted molar refractivity (Wildman–Crippen MR) is 94.5 cm³/mol. The SMILES string of the molecule is CCC(CC)CNC(=NC)NCC1CN(CC(C)C)CCO1. The predicted octanol–water partition coefficient (Wildman–Crippen LogP) is 1.94. The molecular weight excluding hydrogens is 276 g/mol. The van der Waals surface area contributed by atoms with Crippen LogP contribution in [0.4, 0.5) is 0 Å². The molecule has 0 aromatic carbocycles. The van der Waals surface area contributed by atoms with Gasteiger partial charge in [-0.1, -0.05) is 40.5 Å². The monoisotopic (exact) mass is 312 g/mol. The minimum atomic E-state index is 0.249. The number of nitrogens with one attached hydrogen (secondary N) is 2. The zero-order chi connectivity index (χ0) is 16.4. The van der Waals surface area contributed by atoms with E-state index >= 15 is 0 Å². The standard InChI is InChI=1S/C17H36N4O/c1-6-15(7-2)10-19-17(18-5)20-11-16-13-21(8-9-22-16)12-14(3)4/h14-16H,6-13H2,1-5H3,(H2,18,19,20). The van der Waals surface area contributed by atoms with Crippen LogP contribution in [0.25, 0.3) is 0 Å². The number of aliphatic imine (C=N–C) groups is 1. The molecule has 1 rings (SSSR count). The Morgan fingerprint density at radius 1 is 1.27 bits per heavy atom. The molecule has 130 valence electrons. The Morgan fingerprint density at radius 2 is 2.00 bits per heavy atom. The molecule has 1 aliphatic heterocycles. The van der Waals surface area contributed by atoms with E-state index in [2.05, 4.69) is 48.2 Å². The summed E-state index contributed by atoms with van der Waals surface area (Å²) in [6.45, 7) is 14.9. The molecule has 22 heavy (non-hydrogen) atoms. The van der Waals surface area contributed by atoms with Gasteiger partial charge in [-0.15, -0.1) is 0 Å². The summed E-state index contributed by atoms with van der Waals surface area (Å²) in [5.41, 5.74) is 0. The van der Waals surface area contributed by atoms with E-state index in [1.165, 1.54) is 12.8 Å². The Balaban J connectivity index is 2.30. The van der Waals surface area contributed by atoms with E-state index < -0.39 is 0 Å². The lowest BCUT2D eigenvalue weighted by molar-refractivity contribution is -0.0284. The second kappa shape index (κ2) is 10.8. The fourth-order valence-corrected chi connectivity index (χ4v) is 2.84. The van der Waals surface area contributed by atoms with Gasteiger partial charge in [-0.05, 0) is 11.8 Å². The van der Waals surface area contributed by atoms with Gasteiger partial charge < -0.3 is 15.4 Å². The molecule has 1 unspecified atom stereocenters. The van der Waals surface area contributed by atoms with Crippen LogP contribution >= 0.6 is 0 Å². The van der Waals surface area contributed by atoms with Crippen molar-refractivity contribution in [2.24, 2.45) is 16.8 Å². The van der Waals surface area contributed by atoms with E-state index in [0.717, 1.165) is 45.3 Å². The molecule has 0 radical (unpaired) electrons. The van der Waals surface area contributed by atoms with E-state index in [9.17, 15) is 0 Å². The zero-order valence-electron chi connectivity index (χ0n) is 15.2. The molecule has 0 saturated carbocycles. The van der Waals surface area contributed by atoms with Crippen molar-refractivity contribution >= 4 is 5.96 Å². The van der Waals surface area contributed by atoms with Gasteiger partial charge in [0.25, 0.3) is 0 Å². The fraction of sp³-hybridized carbons (Fsp3) is 0.941. The van der Waals surface area contributed by atoms with Crippen molar-refractivity contribution in [2.75, 3.05) is 46.4 Å². The van der Waals surface area contributed by atoms with Crippen LogP contribution in [0.1, 0.15) is 40.5 Å². The first-order chi connectivity index (χ1) is 10.6. The molecule has 5 nitrogen and oxygen atoms in total. The number of morpholine rings is 1. The number of ether oxygens (including phenoxy) is 1. The molecule has 0 aliphatic carbocycles. The van der Waals surface area contributed by atoms with E-state index in [-0.39, 0.29) is 6.10 Å². The molecule has 0 spiro atoms. The Morgan fingerprint density at radius 3 is 2.59 bits per heavy atom. The molecule has 5 heteroatoms. The molecular formula is C17H36N4O. The summed E-state index contributed by atoms with van der Waals surface area (Å²) < 4.78 is 5.87. The van der Waals surface area contributed by atoms with Crippen molar-refractivity contribution in [1.29, 1.82) is 0 Å². The molecule has 1 atom stereocenters. The van der Waals surface area contributed by atoms with Gasteiger partial charge in [0.1, 0.15) is 0 Å². The van der Waals surface area contributed by atoms with Gasteiger partial charge in [0.05, 0.1) is 12.7 Å². The number of rotatable bonds is 8. The maximum absolute atomic E-state index is 5.87. The fourth-order valence-electron chi connectivity index (χ4n) is 2.84. The van der Waals surface area contributed by atoms with Crippen molar-refractivity contribution < 1.29 is 4.74 Å². The highest BCUT2D eigenvalue weighted by Gasteiger charge is 2.21. The summed E-state index contributed by atoms with van der Waals surface area (Å²) in [6.07, 6.45) is 2.66. The lowest BCUT2D eigenvalue weighted by Gasteiger charge is -2.34. The van der Waals surface area contributed by atoms with Crippen LogP contribution in [0, 0.1) is 11.8 Å². The van der Waals surface area contributed by atoms with Crippen molar-refractivity contribution in [3.8, 4) is 0 Å². The van der Waals surface area contributed by atoms with Crippen LogP contribution < -0.4 is 10.6 Å². The summed E-state index contributed by atoms with van der Waals surface area (Å²) >= 11 is 0. The van der Waals surface area contributed by atoms with Crippen LogP contribution in [-0.2, 0) is 4.74 Å². The molecule has 0 aromatic rings. The highest BCUT2D eigenvalue weighted by atomic mass is 16.5. The van der Waals surface area contributed by atoms with Crippen molar-refractivity contribution in [2.45, 2.75) is 46.6 Å². The summed E-state index contributed by atoms with van der Waals surface area (Å²) in [5, 5.41) is 6.83. The van der Waals surface area contributed by atoms with E-state index in [1.54, 1.807) is 0 Å². The first kappa shape index (κ1) is 19.2. The molecule has 1 saturated heterocycles. The Labute approximate surface area is 136 Å². The Hall–Kier alpha value is -0.810. The first-order valence-electron chi connectivity index (χ1n) is 8.87. The summed E-state index contributed by atoms with van der Waals surface area (Å²) in [4.78, 5) is 6.81. The van der Waals surface area contributed by atoms with Gasteiger partial charge in [-0.25, -0.2) is 0 Å². The van der Waals surface area contributed by atoms with Gasteiger partial charge in [-0.3, -0.25) is 9.89 Å². The summed E-state index contributed by atoms with van der Waals surface area (Å²) in [5.74, 6) is 2.31. The van der Waals surface area contributed by atoms with Crippen LogP contribution in [0.15, 0.2) is 4.99 Å². The van der Waals surface area contributed by atoms with Gasteiger partial charge in [-0.2, -0.15) is 0 Å². The normalized spacial score (nSPS) is 20.7. The number of guanidine groups is 1. The van der Waals surface area contributed by atoms with Crippen molar-refractivity contribution in [3.05, 3.63) is 0 Å². The third-order valence-corrected chi connectivity index (χ3v) is 4.28. The molecule has 2 N–H and O–H groups in total. The molecule has 0 aromatic heterocycles. The van der Waals surface area contributed by atoms with E-state index in [1.807, 2.05) is 7.05 Å². The first-order valence-corrected chi connectivity index (χ1v) is 8.87. The lowest BCUT2D eigenvalue weighted by Crippen LogP contribution is -2.50. The second-order valence-corrected chi connectivity index (χ2v) is 6.66. The van der Waals surface area contributed by atoms with Crippen LogP contribution in [0.2, 0.25) is 0 Å². The minimum Gasteiger partial charge on any atom is -0.374 e. The smallest absolute Gasteiger partial charge is 0.191 e. The third-order valence-electron chi connectivity index (χ3n) is 4.28. The van der Waals surface area contributed by atoms with Crippen molar-refractivity contribution in [1.82, 2.24) is 15.5 Å². The van der Waals surface area contributed by atoms with Crippen LogP contribution in [-0.4, -0.2) is 63.3 Å². The number of nitrogens with zero attached hydrogens (tertiary/aromatic N) is 2. The highest BCUT2D eigenvalue weighted by molar-refractivity contribution is 5.79. The highest BCUT2D eigenvalue weighted by Crippen LogP contribution is 2.07. The van der Waals surface area contributed by atoms with E-state index in [0.29, 0.717) is 11.8 Å². The van der Waals surface area contributed by atoms with Gasteiger partial charge >= 0.3 is 0 Å². The quantitative estimate of drug-likeness (QED) is 0.531. The zero-order valence-corrected chi connectivity index (χ0v) is 15.2. The number of hydrogen-bond donors (Lipinski definition) is 2. The second-order valence-electron chi connectivity index (χ2n) is 6.66. The third kappa shape index (κ3) is 7.45. The van der Waals surface area contributed by atoms with Gasteiger partial charge in [0.2, 0.25) is 0 Å². The summed E-state index contributed by atoms with van der Waals surface area (Å²) in [7, 11) is 1.83. The maximum atomic E-state index is 5.87. The Kier molecular flexibility index (Phi) is 9.48. The molecule has 0 bridgehead atoms. The van der Waals surface area contributed by atoms with E-state index in [4.69, 9.17) is 4.74 Å². The average molecular weight is 313 g/mol. The lowest BCUT2D eigenvalue weighted by atomic mass is 10.0. The number of hydrogen-bond acceptors (Lipinski definition) is 3. The molecule has 1 aliphatic rings. The van der Waals surface area contributed by atoms with Crippen LogP contribution in [0.3, 0.4) is 0 Å². The molecule has 0 amide bonds. The Bertz CT molecular complexity index is 316. The largest absolute Gasteiger partial charge is 0.374 e. The van der Waals surface area contributed by atoms with Gasteiger partial charge in [0.15, 0.2) is 5.96 Å². The van der Waals surface area contributed by atoms with Crippen LogP contribution in [0.5, 0.6) is 0 Å². The summed E-state index contributed by atoms with van der Waals surface area (Å²) in [6, 6.07) is 0. The topological polar surface area (TPSA) is 48.9 Å². The molecule has 1 fully saturated rings. The van der Waals surface area contributed by atoms with Crippen molar-refractivity contribution in [3.63, 3.8) is 0 Å². The maximum Gasteiger partial charge on any atom is 0.191 e.